The molecule has 1 aromatic carbocycles. The van der Waals surface area contributed by atoms with Gasteiger partial charge >= 0.3 is 0 Å². The van der Waals surface area contributed by atoms with E-state index >= 15 is 0 Å². The Balaban J connectivity index is 2.59. The van der Waals surface area contributed by atoms with Crippen molar-refractivity contribution in [1.29, 1.82) is 0 Å². The van der Waals surface area contributed by atoms with Gasteiger partial charge in [0.15, 0.2) is 0 Å². The molecule has 0 unspecified atom stereocenters. The molecule has 0 saturated carbocycles. The van der Waals surface area contributed by atoms with Crippen molar-refractivity contribution in [3.8, 4) is 0 Å². The maximum Gasteiger partial charge on any atom is 0.0537 e. The molecule has 1 aliphatic rings. The van der Waals surface area contributed by atoms with Crippen molar-refractivity contribution in [1.82, 2.24) is 0 Å². The highest BCUT2D eigenvalue weighted by atomic mass is 127. The summed E-state index contributed by atoms with van der Waals surface area (Å²) in [5, 5.41) is 0. The molecule has 1 fully saturated rings. The van der Waals surface area contributed by atoms with Gasteiger partial charge < -0.3 is 4.90 Å². The number of hydrogen-bond donors (Lipinski definition) is 0. The SMILES string of the molecule is Cc1c(C)c(C(C)C)c(C)c(N2CCCCC2)c1I. The second-order valence-corrected chi connectivity index (χ2v) is 7.23. The molecule has 0 aliphatic carbocycles. The van der Waals surface area contributed by atoms with E-state index in [1.807, 2.05) is 0 Å². The minimum atomic E-state index is 0.610. The van der Waals surface area contributed by atoms with Crippen LogP contribution in [0, 0.1) is 24.3 Å². The zero-order valence-electron chi connectivity index (χ0n) is 12.9. The van der Waals surface area contributed by atoms with Gasteiger partial charge in [-0.25, -0.2) is 0 Å². The summed E-state index contributed by atoms with van der Waals surface area (Å²) in [6.07, 6.45) is 4.09. The summed E-state index contributed by atoms with van der Waals surface area (Å²) in [5.41, 5.74) is 7.59. The Labute approximate surface area is 131 Å². The molecular weight excluding hydrogens is 345 g/mol. The largest absolute Gasteiger partial charge is 0.370 e. The third-order valence-corrected chi connectivity index (χ3v) is 5.83. The molecule has 1 aromatic rings. The molecule has 0 spiro atoms. The van der Waals surface area contributed by atoms with Gasteiger partial charge in [0.2, 0.25) is 0 Å². The molecule has 2 rings (SSSR count). The summed E-state index contributed by atoms with van der Waals surface area (Å²) < 4.78 is 1.47. The van der Waals surface area contributed by atoms with E-state index in [-0.39, 0.29) is 0 Å². The van der Waals surface area contributed by atoms with Crippen LogP contribution in [0.1, 0.15) is 61.3 Å². The van der Waals surface area contributed by atoms with Gasteiger partial charge in [-0.2, -0.15) is 0 Å². The smallest absolute Gasteiger partial charge is 0.0537 e. The van der Waals surface area contributed by atoms with Gasteiger partial charge in [-0.3, -0.25) is 0 Å². The quantitative estimate of drug-likeness (QED) is 0.635. The highest BCUT2D eigenvalue weighted by Gasteiger charge is 2.22. The number of nitrogens with zero attached hydrogens (tertiary/aromatic N) is 1. The van der Waals surface area contributed by atoms with E-state index in [1.165, 1.54) is 58.3 Å². The van der Waals surface area contributed by atoms with Crippen LogP contribution in [-0.2, 0) is 0 Å². The molecule has 0 aromatic heterocycles. The van der Waals surface area contributed by atoms with Crippen molar-refractivity contribution < 1.29 is 0 Å². The zero-order chi connectivity index (χ0) is 14.2. The van der Waals surface area contributed by atoms with Crippen LogP contribution in [0.5, 0.6) is 0 Å². The van der Waals surface area contributed by atoms with Crippen LogP contribution in [0.3, 0.4) is 0 Å². The first-order valence-corrected chi connectivity index (χ1v) is 8.57. The molecule has 0 amide bonds. The third-order valence-electron chi connectivity index (χ3n) is 4.51. The Bertz CT molecular complexity index is 471. The number of anilines is 1. The molecule has 0 bridgehead atoms. The lowest BCUT2D eigenvalue weighted by atomic mass is 9.88. The van der Waals surface area contributed by atoms with Crippen molar-refractivity contribution in [3.05, 3.63) is 25.8 Å². The maximum absolute atomic E-state index is 2.62. The number of benzene rings is 1. The van der Waals surface area contributed by atoms with Gasteiger partial charge in [0.05, 0.1) is 5.69 Å². The first-order chi connectivity index (χ1) is 8.95. The summed E-state index contributed by atoms with van der Waals surface area (Å²) in [7, 11) is 0. The standard InChI is InChI=1S/C17H26IN/c1-11(2)15-12(3)13(4)16(18)17(14(15)5)19-9-7-6-8-10-19/h11H,6-10H2,1-5H3. The van der Waals surface area contributed by atoms with Crippen LogP contribution in [-0.4, -0.2) is 13.1 Å². The van der Waals surface area contributed by atoms with Crippen LogP contribution >= 0.6 is 22.6 Å². The van der Waals surface area contributed by atoms with Gasteiger partial charge in [-0.1, -0.05) is 13.8 Å². The molecule has 0 atom stereocenters. The molecule has 0 N–H and O–H groups in total. The minimum Gasteiger partial charge on any atom is -0.370 e. The molecule has 1 aliphatic heterocycles. The molecular formula is C17H26IN. The molecule has 2 heteroatoms. The topological polar surface area (TPSA) is 3.24 Å². The van der Waals surface area contributed by atoms with Gasteiger partial charge in [0.25, 0.3) is 0 Å². The van der Waals surface area contributed by atoms with Crippen LogP contribution in [0.25, 0.3) is 0 Å². The third kappa shape index (κ3) is 2.79. The Morgan fingerprint density at radius 2 is 1.47 bits per heavy atom. The highest BCUT2D eigenvalue weighted by molar-refractivity contribution is 14.1. The molecule has 1 heterocycles. The number of hydrogen-bond acceptors (Lipinski definition) is 1. The Kier molecular flexibility index (Phi) is 4.80. The van der Waals surface area contributed by atoms with Gasteiger partial charge in [-0.05, 0) is 90.8 Å². The fraction of sp³-hybridized carbons (Fsp3) is 0.647. The normalized spacial score (nSPS) is 16.3. The molecule has 0 radical (unpaired) electrons. The summed E-state index contributed by atoms with van der Waals surface area (Å²) >= 11 is 2.56. The summed E-state index contributed by atoms with van der Waals surface area (Å²) in [6, 6.07) is 0. The summed E-state index contributed by atoms with van der Waals surface area (Å²) in [4.78, 5) is 2.62. The van der Waals surface area contributed by atoms with E-state index in [9.17, 15) is 0 Å². The maximum atomic E-state index is 2.62. The predicted octanol–water partition coefficient (Wildman–Crippen LogP) is 5.33. The lowest BCUT2D eigenvalue weighted by molar-refractivity contribution is 0.575. The van der Waals surface area contributed by atoms with E-state index in [0.29, 0.717) is 5.92 Å². The highest BCUT2D eigenvalue weighted by Crippen LogP contribution is 2.38. The number of piperidine rings is 1. The first-order valence-electron chi connectivity index (χ1n) is 7.49. The van der Waals surface area contributed by atoms with Crippen molar-refractivity contribution in [3.63, 3.8) is 0 Å². The van der Waals surface area contributed by atoms with E-state index in [4.69, 9.17) is 0 Å². The van der Waals surface area contributed by atoms with Crippen molar-refractivity contribution in [2.75, 3.05) is 18.0 Å². The second kappa shape index (κ2) is 6.02. The minimum absolute atomic E-state index is 0.610. The van der Waals surface area contributed by atoms with Gasteiger partial charge in [0.1, 0.15) is 0 Å². The van der Waals surface area contributed by atoms with Crippen molar-refractivity contribution >= 4 is 28.3 Å². The first kappa shape index (κ1) is 15.1. The van der Waals surface area contributed by atoms with Gasteiger partial charge in [0, 0.05) is 16.7 Å². The lowest BCUT2D eigenvalue weighted by Gasteiger charge is -2.34. The van der Waals surface area contributed by atoms with E-state index in [0.717, 1.165) is 0 Å². The number of rotatable bonds is 2. The fourth-order valence-corrected chi connectivity index (χ4v) is 4.63. The fourth-order valence-electron chi connectivity index (χ4n) is 3.48. The average Bonchev–Trinajstić information content (AvgIpc) is 2.37. The molecule has 106 valence electrons. The summed E-state index contributed by atoms with van der Waals surface area (Å²) in [6.45, 7) is 14.0. The van der Waals surface area contributed by atoms with Crippen LogP contribution in [0.15, 0.2) is 0 Å². The van der Waals surface area contributed by atoms with Crippen LogP contribution in [0.2, 0.25) is 0 Å². The monoisotopic (exact) mass is 371 g/mol. The molecule has 1 nitrogen and oxygen atoms in total. The van der Waals surface area contributed by atoms with Crippen molar-refractivity contribution in [2.24, 2.45) is 0 Å². The van der Waals surface area contributed by atoms with Crippen LogP contribution in [0.4, 0.5) is 5.69 Å². The molecule has 1 saturated heterocycles. The second-order valence-electron chi connectivity index (χ2n) is 6.15. The van der Waals surface area contributed by atoms with E-state index in [2.05, 4.69) is 62.1 Å². The van der Waals surface area contributed by atoms with Gasteiger partial charge in [-0.15, -0.1) is 0 Å². The summed E-state index contributed by atoms with van der Waals surface area (Å²) in [5.74, 6) is 0.610. The van der Waals surface area contributed by atoms with Crippen molar-refractivity contribution in [2.45, 2.75) is 59.8 Å². The Morgan fingerprint density at radius 3 is 2.00 bits per heavy atom. The molecule has 19 heavy (non-hydrogen) atoms. The van der Waals surface area contributed by atoms with E-state index < -0.39 is 0 Å². The Hall–Kier alpha value is -0.250. The zero-order valence-corrected chi connectivity index (χ0v) is 15.1. The van der Waals surface area contributed by atoms with E-state index in [1.54, 1.807) is 5.56 Å². The lowest BCUT2D eigenvalue weighted by Crippen LogP contribution is -2.31. The average molecular weight is 371 g/mol. The Morgan fingerprint density at radius 1 is 0.895 bits per heavy atom. The number of halogens is 1. The van der Waals surface area contributed by atoms with Crippen LogP contribution < -0.4 is 4.90 Å². The predicted molar refractivity (Wildman–Crippen MR) is 93.5 cm³/mol.